The Morgan fingerprint density at radius 3 is 2.95 bits per heavy atom. The van der Waals surface area contributed by atoms with Crippen molar-refractivity contribution in [2.24, 2.45) is 0 Å². The molecule has 1 fully saturated rings. The van der Waals surface area contributed by atoms with Gasteiger partial charge in [-0.2, -0.15) is 0 Å². The van der Waals surface area contributed by atoms with Crippen molar-refractivity contribution in [2.45, 2.75) is 19.4 Å². The molecule has 5 nitrogen and oxygen atoms in total. The fourth-order valence-electron chi connectivity index (χ4n) is 2.27. The molecule has 110 valence electrons. The standard InChI is InChI=1S/C14H20FN3O2/c1-14(2)9-18(5-6-20-14)8-13(19)17-10-3-4-11(15)12(16)7-10/h3-4,7H,5-6,8-9,16H2,1-2H3,(H,17,19). The predicted octanol–water partition coefficient (Wildman–Crippen LogP) is 1.46. The number of nitrogens with two attached hydrogens (primary N) is 1. The van der Waals surface area contributed by atoms with Crippen molar-refractivity contribution in [1.82, 2.24) is 4.90 Å². The number of nitrogen functional groups attached to an aromatic ring is 1. The summed E-state index contributed by atoms with van der Waals surface area (Å²) in [6.45, 7) is 6.32. The molecule has 3 N–H and O–H groups in total. The Morgan fingerprint density at radius 1 is 1.55 bits per heavy atom. The van der Waals surface area contributed by atoms with Crippen molar-refractivity contribution in [3.8, 4) is 0 Å². The molecule has 20 heavy (non-hydrogen) atoms. The van der Waals surface area contributed by atoms with Gasteiger partial charge in [0.2, 0.25) is 5.91 Å². The van der Waals surface area contributed by atoms with Crippen LogP contribution in [0, 0.1) is 5.82 Å². The van der Waals surface area contributed by atoms with E-state index in [0.29, 0.717) is 18.8 Å². The van der Waals surface area contributed by atoms with Gasteiger partial charge in [-0.25, -0.2) is 4.39 Å². The van der Waals surface area contributed by atoms with Crippen molar-refractivity contribution in [1.29, 1.82) is 0 Å². The molecule has 1 aliphatic heterocycles. The summed E-state index contributed by atoms with van der Waals surface area (Å²) in [5.41, 5.74) is 5.75. The topological polar surface area (TPSA) is 67.6 Å². The van der Waals surface area contributed by atoms with Crippen molar-refractivity contribution in [3.63, 3.8) is 0 Å². The maximum absolute atomic E-state index is 13.0. The van der Waals surface area contributed by atoms with Gasteiger partial charge in [0.15, 0.2) is 0 Å². The van der Waals surface area contributed by atoms with E-state index in [-0.39, 0.29) is 23.7 Å². The molecule has 0 unspecified atom stereocenters. The zero-order valence-electron chi connectivity index (χ0n) is 11.8. The van der Waals surface area contributed by atoms with Gasteiger partial charge in [0, 0.05) is 18.8 Å². The molecule has 0 aliphatic carbocycles. The Bertz CT molecular complexity index is 505. The van der Waals surface area contributed by atoms with E-state index in [1.165, 1.54) is 18.2 Å². The van der Waals surface area contributed by atoms with E-state index < -0.39 is 5.82 Å². The lowest BCUT2D eigenvalue weighted by molar-refractivity contribution is -0.122. The number of carbonyl (C=O) groups is 1. The maximum atomic E-state index is 13.0. The van der Waals surface area contributed by atoms with Gasteiger partial charge in [0.05, 0.1) is 24.4 Å². The average Bonchev–Trinajstić information content (AvgIpc) is 2.32. The SMILES string of the molecule is CC1(C)CN(CC(=O)Nc2ccc(F)c(N)c2)CCO1. The molecule has 1 aliphatic rings. The number of nitrogens with zero attached hydrogens (tertiary/aromatic N) is 1. The van der Waals surface area contributed by atoms with Crippen LogP contribution in [0.1, 0.15) is 13.8 Å². The number of hydrogen-bond donors (Lipinski definition) is 2. The Balaban J connectivity index is 1.90. The van der Waals surface area contributed by atoms with E-state index in [0.717, 1.165) is 6.54 Å². The fourth-order valence-corrected chi connectivity index (χ4v) is 2.27. The van der Waals surface area contributed by atoms with Crippen LogP contribution < -0.4 is 11.1 Å². The molecule has 1 aromatic rings. The van der Waals surface area contributed by atoms with Crippen LogP contribution in [0.3, 0.4) is 0 Å². The molecular weight excluding hydrogens is 261 g/mol. The summed E-state index contributed by atoms with van der Waals surface area (Å²) in [5.74, 6) is -0.633. The number of ether oxygens (including phenoxy) is 1. The summed E-state index contributed by atoms with van der Waals surface area (Å²) in [5, 5.41) is 2.72. The molecule has 1 amide bonds. The summed E-state index contributed by atoms with van der Waals surface area (Å²) in [7, 11) is 0. The van der Waals surface area contributed by atoms with Crippen molar-refractivity contribution in [2.75, 3.05) is 37.3 Å². The summed E-state index contributed by atoms with van der Waals surface area (Å²) in [6, 6.07) is 4.14. The number of halogens is 1. The minimum atomic E-state index is -0.488. The average molecular weight is 281 g/mol. The van der Waals surface area contributed by atoms with Gasteiger partial charge in [0.1, 0.15) is 5.82 Å². The van der Waals surface area contributed by atoms with Gasteiger partial charge in [-0.15, -0.1) is 0 Å². The van der Waals surface area contributed by atoms with Crippen LogP contribution in [0.2, 0.25) is 0 Å². The van der Waals surface area contributed by atoms with Gasteiger partial charge < -0.3 is 15.8 Å². The Morgan fingerprint density at radius 2 is 2.30 bits per heavy atom. The number of amides is 1. The molecular formula is C14H20FN3O2. The molecule has 0 atom stereocenters. The second-order valence-corrected chi connectivity index (χ2v) is 5.60. The number of hydrogen-bond acceptors (Lipinski definition) is 4. The molecule has 0 saturated carbocycles. The molecule has 1 aromatic carbocycles. The first-order valence-corrected chi connectivity index (χ1v) is 6.57. The van der Waals surface area contributed by atoms with Gasteiger partial charge in [-0.05, 0) is 32.0 Å². The fraction of sp³-hybridized carbons (Fsp3) is 0.500. The van der Waals surface area contributed by atoms with Crippen LogP contribution in [0.4, 0.5) is 15.8 Å². The lowest BCUT2D eigenvalue weighted by Crippen LogP contribution is -2.50. The molecule has 0 spiro atoms. The van der Waals surface area contributed by atoms with E-state index in [1.807, 2.05) is 18.7 Å². The lowest BCUT2D eigenvalue weighted by atomic mass is 10.1. The van der Waals surface area contributed by atoms with Crippen LogP contribution >= 0.6 is 0 Å². The largest absolute Gasteiger partial charge is 0.396 e. The second-order valence-electron chi connectivity index (χ2n) is 5.60. The van der Waals surface area contributed by atoms with Crippen LogP contribution in [0.5, 0.6) is 0 Å². The third-order valence-corrected chi connectivity index (χ3v) is 3.15. The first-order valence-electron chi connectivity index (χ1n) is 6.57. The highest BCUT2D eigenvalue weighted by atomic mass is 19.1. The smallest absolute Gasteiger partial charge is 0.238 e. The predicted molar refractivity (Wildman–Crippen MR) is 75.9 cm³/mol. The Labute approximate surface area is 117 Å². The highest BCUT2D eigenvalue weighted by molar-refractivity contribution is 5.92. The van der Waals surface area contributed by atoms with Crippen LogP contribution in [-0.4, -0.2) is 42.6 Å². The van der Waals surface area contributed by atoms with E-state index in [2.05, 4.69) is 5.32 Å². The number of morpholine rings is 1. The molecule has 0 radical (unpaired) electrons. The summed E-state index contributed by atoms with van der Waals surface area (Å²) in [4.78, 5) is 14.0. The van der Waals surface area contributed by atoms with Crippen LogP contribution in [0.15, 0.2) is 18.2 Å². The van der Waals surface area contributed by atoms with Gasteiger partial charge >= 0.3 is 0 Å². The molecule has 1 saturated heterocycles. The lowest BCUT2D eigenvalue weighted by Gasteiger charge is -2.37. The highest BCUT2D eigenvalue weighted by Gasteiger charge is 2.28. The first kappa shape index (κ1) is 14.7. The summed E-state index contributed by atoms with van der Waals surface area (Å²) in [6.07, 6.45) is 0. The number of carbonyl (C=O) groups excluding carboxylic acids is 1. The van der Waals surface area contributed by atoms with Crippen molar-refractivity contribution >= 4 is 17.3 Å². The maximum Gasteiger partial charge on any atom is 0.238 e. The summed E-state index contributed by atoms with van der Waals surface area (Å²) < 4.78 is 18.6. The third-order valence-electron chi connectivity index (χ3n) is 3.15. The van der Waals surface area contributed by atoms with E-state index in [9.17, 15) is 9.18 Å². The van der Waals surface area contributed by atoms with Crippen LogP contribution in [0.25, 0.3) is 0 Å². The molecule has 2 rings (SSSR count). The van der Waals surface area contributed by atoms with E-state index in [4.69, 9.17) is 10.5 Å². The highest BCUT2D eigenvalue weighted by Crippen LogP contribution is 2.18. The molecule has 6 heteroatoms. The monoisotopic (exact) mass is 281 g/mol. The van der Waals surface area contributed by atoms with Gasteiger partial charge in [0.25, 0.3) is 0 Å². The number of benzene rings is 1. The van der Waals surface area contributed by atoms with E-state index >= 15 is 0 Å². The van der Waals surface area contributed by atoms with Crippen molar-refractivity contribution in [3.05, 3.63) is 24.0 Å². The van der Waals surface area contributed by atoms with Gasteiger partial charge in [-0.3, -0.25) is 9.69 Å². The molecule has 0 aromatic heterocycles. The van der Waals surface area contributed by atoms with Crippen LogP contribution in [-0.2, 0) is 9.53 Å². The zero-order valence-corrected chi connectivity index (χ0v) is 11.8. The summed E-state index contributed by atoms with van der Waals surface area (Å²) >= 11 is 0. The third kappa shape index (κ3) is 3.91. The van der Waals surface area contributed by atoms with Crippen molar-refractivity contribution < 1.29 is 13.9 Å². The Kier molecular flexibility index (Phi) is 4.25. The Hall–Kier alpha value is -1.66. The zero-order chi connectivity index (χ0) is 14.8. The van der Waals surface area contributed by atoms with E-state index in [1.54, 1.807) is 0 Å². The number of rotatable bonds is 3. The first-order chi connectivity index (χ1) is 9.35. The molecule has 1 heterocycles. The number of nitrogens with one attached hydrogen (secondary N) is 1. The minimum Gasteiger partial charge on any atom is -0.396 e. The molecule has 0 bridgehead atoms. The minimum absolute atomic E-state index is 0.0234. The second kappa shape index (κ2) is 5.76. The quantitative estimate of drug-likeness (QED) is 0.823. The normalized spacial score (nSPS) is 18.8. The van der Waals surface area contributed by atoms with Gasteiger partial charge in [-0.1, -0.05) is 0 Å². The number of anilines is 2.